The number of aromatic nitrogens is 1. The molecule has 76 valence electrons. The Labute approximate surface area is 86.1 Å². The lowest BCUT2D eigenvalue weighted by Gasteiger charge is -2.03. The van der Waals surface area contributed by atoms with Crippen LogP contribution in [0.3, 0.4) is 0 Å². The van der Waals surface area contributed by atoms with Gasteiger partial charge in [0.05, 0.1) is 12.3 Å². The van der Waals surface area contributed by atoms with Gasteiger partial charge in [-0.15, -0.1) is 11.3 Å². The molecule has 0 radical (unpaired) electrons. The Morgan fingerprint density at radius 1 is 1.79 bits per heavy atom. The number of nitrogens with zero attached hydrogens (tertiary/aromatic N) is 1. The van der Waals surface area contributed by atoms with E-state index in [-0.39, 0.29) is 11.7 Å². The van der Waals surface area contributed by atoms with Crippen molar-refractivity contribution in [3.05, 3.63) is 11.1 Å². The molecule has 0 spiro atoms. The van der Waals surface area contributed by atoms with E-state index in [1.807, 2.05) is 5.38 Å². The van der Waals surface area contributed by atoms with Crippen molar-refractivity contribution in [3.63, 3.8) is 0 Å². The number of hydrogen-bond acceptors (Lipinski definition) is 5. The van der Waals surface area contributed by atoms with Gasteiger partial charge in [-0.05, 0) is 6.42 Å². The number of Topliss-reactive ketones (excluding diaryl/α,β-unsaturated/α-hetero) is 1. The second-order valence-corrected chi connectivity index (χ2v) is 4.27. The van der Waals surface area contributed by atoms with Gasteiger partial charge in [-0.25, -0.2) is 4.98 Å². The van der Waals surface area contributed by atoms with E-state index in [0.29, 0.717) is 24.8 Å². The maximum atomic E-state index is 11.7. The Balaban J connectivity index is 1.93. The fourth-order valence-corrected chi connectivity index (χ4v) is 2.08. The molecule has 0 amide bonds. The smallest absolute Gasteiger partial charge is 0.180 e. The minimum absolute atomic E-state index is 0.0675. The molecule has 1 saturated heterocycles. The van der Waals surface area contributed by atoms with Crippen molar-refractivity contribution in [1.82, 2.24) is 4.98 Å². The fourth-order valence-electron chi connectivity index (χ4n) is 1.52. The van der Waals surface area contributed by atoms with Crippen LogP contribution in [0.15, 0.2) is 5.38 Å². The van der Waals surface area contributed by atoms with E-state index in [2.05, 4.69) is 4.98 Å². The van der Waals surface area contributed by atoms with Crippen LogP contribution in [0.5, 0.6) is 0 Å². The summed E-state index contributed by atoms with van der Waals surface area (Å²) in [6.45, 7) is 1.27. The molecule has 14 heavy (non-hydrogen) atoms. The first kappa shape index (κ1) is 9.61. The van der Waals surface area contributed by atoms with Gasteiger partial charge < -0.3 is 10.5 Å². The van der Waals surface area contributed by atoms with E-state index in [9.17, 15) is 4.79 Å². The number of ketones is 1. The van der Waals surface area contributed by atoms with Gasteiger partial charge in [0, 0.05) is 24.3 Å². The Bertz CT molecular complexity index is 331. The lowest BCUT2D eigenvalue weighted by Crippen LogP contribution is -2.16. The highest BCUT2D eigenvalue weighted by molar-refractivity contribution is 7.13. The second kappa shape index (κ2) is 4.06. The maximum Gasteiger partial charge on any atom is 0.180 e. The predicted octanol–water partition coefficient (Wildman–Crippen LogP) is 0.873. The summed E-state index contributed by atoms with van der Waals surface area (Å²) in [6.07, 6.45) is 1.24. The molecule has 1 fully saturated rings. The minimum Gasteiger partial charge on any atom is -0.381 e. The highest BCUT2D eigenvalue weighted by atomic mass is 32.1. The highest BCUT2D eigenvalue weighted by Crippen LogP contribution is 2.17. The summed E-state index contributed by atoms with van der Waals surface area (Å²) in [4.78, 5) is 15.7. The topological polar surface area (TPSA) is 65.2 Å². The van der Waals surface area contributed by atoms with Crippen LogP contribution >= 0.6 is 11.3 Å². The lowest BCUT2D eigenvalue weighted by atomic mass is 10.0. The van der Waals surface area contributed by atoms with E-state index in [1.54, 1.807) is 0 Å². The Hall–Kier alpha value is -0.940. The SMILES string of the molecule is Nc1nc(CC(=O)C2CCOC2)cs1. The summed E-state index contributed by atoms with van der Waals surface area (Å²) in [5, 5.41) is 2.36. The van der Waals surface area contributed by atoms with Crippen LogP contribution in [0.2, 0.25) is 0 Å². The number of rotatable bonds is 3. The number of ether oxygens (including phenoxy) is 1. The second-order valence-electron chi connectivity index (χ2n) is 3.38. The Morgan fingerprint density at radius 2 is 2.64 bits per heavy atom. The van der Waals surface area contributed by atoms with Crippen molar-refractivity contribution in [3.8, 4) is 0 Å². The number of carbonyl (C=O) groups is 1. The number of thiazole rings is 1. The molecule has 2 rings (SSSR count). The molecule has 0 aromatic carbocycles. The first-order valence-electron chi connectivity index (χ1n) is 4.56. The predicted molar refractivity (Wildman–Crippen MR) is 54.2 cm³/mol. The van der Waals surface area contributed by atoms with E-state index in [1.165, 1.54) is 11.3 Å². The van der Waals surface area contributed by atoms with Gasteiger partial charge in [-0.1, -0.05) is 0 Å². The van der Waals surface area contributed by atoms with Crippen LogP contribution in [0.1, 0.15) is 12.1 Å². The molecule has 1 atom stereocenters. The van der Waals surface area contributed by atoms with Crippen molar-refractivity contribution < 1.29 is 9.53 Å². The summed E-state index contributed by atoms with van der Waals surface area (Å²) in [7, 11) is 0. The van der Waals surface area contributed by atoms with Gasteiger partial charge in [-0.3, -0.25) is 4.79 Å². The molecule has 1 aliphatic heterocycles. The van der Waals surface area contributed by atoms with Crippen LogP contribution in [-0.4, -0.2) is 24.0 Å². The van der Waals surface area contributed by atoms with Gasteiger partial charge in [-0.2, -0.15) is 0 Å². The zero-order valence-corrected chi connectivity index (χ0v) is 8.55. The highest BCUT2D eigenvalue weighted by Gasteiger charge is 2.23. The van der Waals surface area contributed by atoms with Crippen molar-refractivity contribution in [2.45, 2.75) is 12.8 Å². The first-order chi connectivity index (χ1) is 6.75. The standard InChI is InChI=1S/C9H12N2O2S/c10-9-11-7(5-14-9)3-8(12)6-1-2-13-4-6/h5-6H,1-4H2,(H2,10,11). The fraction of sp³-hybridized carbons (Fsp3) is 0.556. The first-order valence-corrected chi connectivity index (χ1v) is 5.44. The molecule has 0 aliphatic carbocycles. The summed E-state index contributed by atoms with van der Waals surface area (Å²) in [5.74, 6) is 0.283. The minimum atomic E-state index is 0.0675. The van der Waals surface area contributed by atoms with Crippen LogP contribution in [0, 0.1) is 5.92 Å². The van der Waals surface area contributed by atoms with Gasteiger partial charge in [0.25, 0.3) is 0 Å². The van der Waals surface area contributed by atoms with Crippen molar-refractivity contribution >= 4 is 22.3 Å². The molecule has 5 heteroatoms. The summed E-state index contributed by atoms with van der Waals surface area (Å²) in [5.41, 5.74) is 6.26. The molecule has 1 aromatic rings. The quantitative estimate of drug-likeness (QED) is 0.807. The van der Waals surface area contributed by atoms with Gasteiger partial charge in [0.1, 0.15) is 5.78 Å². The van der Waals surface area contributed by atoms with Crippen molar-refractivity contribution in [2.75, 3.05) is 18.9 Å². The Kier molecular flexibility index (Phi) is 2.79. The van der Waals surface area contributed by atoms with E-state index >= 15 is 0 Å². The number of nitrogens with two attached hydrogens (primary N) is 1. The zero-order chi connectivity index (χ0) is 9.97. The summed E-state index contributed by atoms with van der Waals surface area (Å²) < 4.78 is 5.16. The van der Waals surface area contributed by atoms with Crippen LogP contribution in [0.4, 0.5) is 5.13 Å². The molecular formula is C9H12N2O2S. The van der Waals surface area contributed by atoms with E-state index < -0.39 is 0 Å². The molecule has 1 aliphatic rings. The van der Waals surface area contributed by atoms with Gasteiger partial charge in [0.15, 0.2) is 5.13 Å². The third kappa shape index (κ3) is 2.10. The summed E-state index contributed by atoms with van der Waals surface area (Å²) in [6, 6.07) is 0. The van der Waals surface area contributed by atoms with E-state index in [4.69, 9.17) is 10.5 Å². The zero-order valence-electron chi connectivity index (χ0n) is 7.73. The molecule has 1 aromatic heterocycles. The monoisotopic (exact) mass is 212 g/mol. The Morgan fingerprint density at radius 3 is 3.21 bits per heavy atom. The third-order valence-electron chi connectivity index (χ3n) is 2.31. The molecule has 1 unspecified atom stereocenters. The normalized spacial score (nSPS) is 21.3. The molecule has 4 nitrogen and oxygen atoms in total. The third-order valence-corrected chi connectivity index (χ3v) is 3.03. The van der Waals surface area contributed by atoms with E-state index in [0.717, 1.165) is 12.1 Å². The average molecular weight is 212 g/mol. The van der Waals surface area contributed by atoms with Crippen molar-refractivity contribution in [2.24, 2.45) is 5.92 Å². The lowest BCUT2D eigenvalue weighted by molar-refractivity contribution is -0.122. The number of carbonyl (C=O) groups excluding carboxylic acids is 1. The molecule has 2 N–H and O–H groups in total. The van der Waals surface area contributed by atoms with Gasteiger partial charge >= 0.3 is 0 Å². The molecule has 2 heterocycles. The van der Waals surface area contributed by atoms with Crippen LogP contribution in [-0.2, 0) is 16.0 Å². The van der Waals surface area contributed by atoms with Crippen molar-refractivity contribution in [1.29, 1.82) is 0 Å². The average Bonchev–Trinajstić information content (AvgIpc) is 2.75. The number of nitrogen functional groups attached to an aromatic ring is 1. The molecule has 0 saturated carbocycles. The molecular weight excluding hydrogens is 200 g/mol. The molecule has 0 bridgehead atoms. The van der Waals surface area contributed by atoms with Crippen LogP contribution < -0.4 is 5.73 Å². The largest absolute Gasteiger partial charge is 0.381 e. The summed E-state index contributed by atoms with van der Waals surface area (Å²) >= 11 is 1.37. The van der Waals surface area contributed by atoms with Gasteiger partial charge in [0.2, 0.25) is 0 Å². The number of hydrogen-bond donors (Lipinski definition) is 1. The number of anilines is 1. The van der Waals surface area contributed by atoms with Crippen LogP contribution in [0.25, 0.3) is 0 Å². The maximum absolute atomic E-state index is 11.7.